The van der Waals surface area contributed by atoms with E-state index in [4.69, 9.17) is 9.47 Å². The van der Waals surface area contributed by atoms with Crippen LogP contribution in [0.2, 0.25) is 0 Å². The van der Waals surface area contributed by atoms with Crippen LogP contribution in [0.15, 0.2) is 18.2 Å². The number of rotatable bonds is 8. The number of aryl methyl sites for hydroxylation is 1. The van der Waals surface area contributed by atoms with Crippen LogP contribution in [-0.4, -0.2) is 32.5 Å². The van der Waals surface area contributed by atoms with E-state index in [-0.39, 0.29) is 5.82 Å². The van der Waals surface area contributed by atoms with Gasteiger partial charge in [0, 0.05) is 19.8 Å². The molecule has 112 valence electrons. The maximum Gasteiger partial charge on any atom is 0.126 e. The number of benzene rings is 1. The highest BCUT2D eigenvalue weighted by Crippen LogP contribution is 2.12. The van der Waals surface area contributed by atoms with Gasteiger partial charge in [-0.1, -0.05) is 12.1 Å². The minimum absolute atomic E-state index is 0.142. The normalized spacial score (nSPS) is 18.6. The third kappa shape index (κ3) is 5.19. The number of ether oxygens (including phenoxy) is 2. The van der Waals surface area contributed by atoms with Crippen molar-refractivity contribution in [1.29, 1.82) is 0 Å². The lowest BCUT2D eigenvalue weighted by Crippen LogP contribution is -2.19. The summed E-state index contributed by atoms with van der Waals surface area (Å²) in [4.78, 5) is 0. The summed E-state index contributed by atoms with van der Waals surface area (Å²) >= 11 is 0. The summed E-state index contributed by atoms with van der Waals surface area (Å²) in [7, 11) is 0. The second-order valence-corrected chi connectivity index (χ2v) is 5.32. The van der Waals surface area contributed by atoms with Crippen molar-refractivity contribution < 1.29 is 13.9 Å². The van der Waals surface area contributed by atoms with Crippen molar-refractivity contribution in [2.45, 2.75) is 38.8 Å². The zero-order valence-electron chi connectivity index (χ0n) is 12.2. The van der Waals surface area contributed by atoms with Crippen LogP contribution in [0.25, 0.3) is 0 Å². The van der Waals surface area contributed by atoms with Gasteiger partial charge in [0.25, 0.3) is 0 Å². The molecule has 0 radical (unpaired) electrons. The first kappa shape index (κ1) is 15.4. The Balaban J connectivity index is 1.49. The van der Waals surface area contributed by atoms with Crippen LogP contribution in [0.1, 0.15) is 30.4 Å². The topological polar surface area (TPSA) is 30.5 Å². The molecule has 0 saturated carbocycles. The predicted molar refractivity (Wildman–Crippen MR) is 77.3 cm³/mol. The van der Waals surface area contributed by atoms with E-state index in [0.717, 1.165) is 57.7 Å². The zero-order valence-corrected chi connectivity index (χ0v) is 12.2. The molecule has 1 aliphatic heterocycles. The molecule has 0 aliphatic carbocycles. The van der Waals surface area contributed by atoms with Crippen molar-refractivity contribution in [2.75, 3.05) is 26.4 Å². The van der Waals surface area contributed by atoms with Crippen LogP contribution in [0, 0.1) is 12.7 Å². The third-order valence-corrected chi connectivity index (χ3v) is 3.52. The molecule has 1 atom stereocenters. The Kier molecular flexibility index (Phi) is 6.43. The highest BCUT2D eigenvalue weighted by Gasteiger charge is 2.14. The third-order valence-electron chi connectivity index (χ3n) is 3.52. The second kappa shape index (κ2) is 8.35. The number of halogens is 1. The molecule has 0 amide bonds. The molecule has 0 bridgehead atoms. The minimum Gasteiger partial charge on any atom is -0.379 e. The maximum atomic E-state index is 13.1. The SMILES string of the molecule is Cc1cc(CNCCCOCC2CCCO2)ccc1F. The first-order chi connectivity index (χ1) is 9.75. The lowest BCUT2D eigenvalue weighted by molar-refractivity contribution is 0.0166. The molecule has 1 aliphatic rings. The molecular weight excluding hydrogens is 257 g/mol. The second-order valence-electron chi connectivity index (χ2n) is 5.32. The van der Waals surface area contributed by atoms with Gasteiger partial charge in [-0.3, -0.25) is 0 Å². The largest absolute Gasteiger partial charge is 0.379 e. The van der Waals surface area contributed by atoms with Gasteiger partial charge in [0.2, 0.25) is 0 Å². The number of hydrogen-bond donors (Lipinski definition) is 1. The summed E-state index contributed by atoms with van der Waals surface area (Å²) < 4.78 is 24.2. The highest BCUT2D eigenvalue weighted by atomic mass is 19.1. The minimum atomic E-state index is -0.142. The van der Waals surface area contributed by atoms with Gasteiger partial charge < -0.3 is 14.8 Å². The lowest BCUT2D eigenvalue weighted by atomic mass is 10.1. The molecule has 1 heterocycles. The smallest absolute Gasteiger partial charge is 0.126 e. The fourth-order valence-corrected chi connectivity index (χ4v) is 2.34. The lowest BCUT2D eigenvalue weighted by Gasteiger charge is -2.10. The van der Waals surface area contributed by atoms with Crippen molar-refractivity contribution in [3.63, 3.8) is 0 Å². The van der Waals surface area contributed by atoms with Crippen molar-refractivity contribution in [3.05, 3.63) is 35.1 Å². The Bertz CT molecular complexity index is 405. The van der Waals surface area contributed by atoms with Crippen LogP contribution in [0.4, 0.5) is 4.39 Å². The van der Waals surface area contributed by atoms with Gasteiger partial charge >= 0.3 is 0 Å². The number of hydrogen-bond acceptors (Lipinski definition) is 3. The standard InChI is InChI=1S/C16H24FNO2/c1-13-10-14(5-6-16(13)17)11-18-7-3-8-19-12-15-4-2-9-20-15/h5-6,10,15,18H,2-4,7-9,11-12H2,1H3. The van der Waals surface area contributed by atoms with Crippen molar-refractivity contribution in [3.8, 4) is 0 Å². The first-order valence-electron chi connectivity index (χ1n) is 7.41. The predicted octanol–water partition coefficient (Wildman–Crippen LogP) is 2.81. The molecule has 2 rings (SSSR count). The Morgan fingerprint density at radius 3 is 3.10 bits per heavy atom. The van der Waals surface area contributed by atoms with Crippen LogP contribution in [0.5, 0.6) is 0 Å². The molecule has 0 aromatic heterocycles. The quantitative estimate of drug-likeness (QED) is 0.743. The Morgan fingerprint density at radius 1 is 1.45 bits per heavy atom. The Hall–Kier alpha value is -0.970. The van der Waals surface area contributed by atoms with Gasteiger partial charge in [-0.15, -0.1) is 0 Å². The summed E-state index contributed by atoms with van der Waals surface area (Å²) in [6.45, 7) is 5.83. The van der Waals surface area contributed by atoms with Crippen LogP contribution >= 0.6 is 0 Å². The van der Waals surface area contributed by atoms with E-state index in [1.165, 1.54) is 6.07 Å². The Morgan fingerprint density at radius 2 is 2.35 bits per heavy atom. The molecule has 1 saturated heterocycles. The van der Waals surface area contributed by atoms with E-state index in [1.54, 1.807) is 6.92 Å². The molecule has 20 heavy (non-hydrogen) atoms. The van der Waals surface area contributed by atoms with E-state index in [1.807, 2.05) is 12.1 Å². The molecule has 0 spiro atoms. The monoisotopic (exact) mass is 281 g/mol. The van der Waals surface area contributed by atoms with E-state index >= 15 is 0 Å². The summed E-state index contributed by atoms with van der Waals surface area (Å²) in [5, 5.41) is 3.34. The molecule has 1 fully saturated rings. The molecule has 1 unspecified atom stereocenters. The summed E-state index contributed by atoms with van der Waals surface area (Å²) in [6, 6.07) is 5.23. The number of nitrogens with one attached hydrogen (secondary N) is 1. The Labute approximate surface area is 120 Å². The molecule has 1 N–H and O–H groups in total. The summed E-state index contributed by atoms with van der Waals surface area (Å²) in [6.07, 6.45) is 3.58. The fraction of sp³-hybridized carbons (Fsp3) is 0.625. The van der Waals surface area contributed by atoms with E-state index < -0.39 is 0 Å². The molecular formula is C16H24FNO2. The maximum absolute atomic E-state index is 13.1. The van der Waals surface area contributed by atoms with Crippen molar-refractivity contribution >= 4 is 0 Å². The van der Waals surface area contributed by atoms with Crippen LogP contribution in [-0.2, 0) is 16.0 Å². The van der Waals surface area contributed by atoms with Gasteiger partial charge in [0.05, 0.1) is 12.7 Å². The summed E-state index contributed by atoms with van der Waals surface area (Å²) in [5.41, 5.74) is 1.81. The van der Waals surface area contributed by atoms with E-state index in [9.17, 15) is 4.39 Å². The van der Waals surface area contributed by atoms with Crippen LogP contribution in [0.3, 0.4) is 0 Å². The van der Waals surface area contributed by atoms with Gasteiger partial charge in [-0.05, 0) is 49.9 Å². The first-order valence-corrected chi connectivity index (χ1v) is 7.41. The van der Waals surface area contributed by atoms with Crippen molar-refractivity contribution in [1.82, 2.24) is 5.32 Å². The van der Waals surface area contributed by atoms with E-state index in [0.29, 0.717) is 11.7 Å². The van der Waals surface area contributed by atoms with Gasteiger partial charge in [0.1, 0.15) is 5.82 Å². The molecule has 4 heteroatoms. The molecule has 1 aromatic carbocycles. The van der Waals surface area contributed by atoms with E-state index in [2.05, 4.69) is 5.32 Å². The average Bonchev–Trinajstić information content (AvgIpc) is 2.95. The molecule has 1 aromatic rings. The fourth-order valence-electron chi connectivity index (χ4n) is 2.34. The molecule has 3 nitrogen and oxygen atoms in total. The van der Waals surface area contributed by atoms with Gasteiger partial charge in [-0.2, -0.15) is 0 Å². The highest BCUT2D eigenvalue weighted by molar-refractivity contribution is 5.23. The summed E-state index contributed by atoms with van der Waals surface area (Å²) in [5.74, 6) is -0.142. The van der Waals surface area contributed by atoms with Crippen molar-refractivity contribution in [2.24, 2.45) is 0 Å². The average molecular weight is 281 g/mol. The zero-order chi connectivity index (χ0) is 14.2. The van der Waals surface area contributed by atoms with Gasteiger partial charge in [0.15, 0.2) is 0 Å². The van der Waals surface area contributed by atoms with Crippen LogP contribution < -0.4 is 5.32 Å². The van der Waals surface area contributed by atoms with Gasteiger partial charge in [-0.25, -0.2) is 4.39 Å².